The molecule has 11 nitrogen and oxygen atoms in total. The lowest BCUT2D eigenvalue weighted by atomic mass is 10.0. The maximum absolute atomic E-state index is 14.3. The zero-order valence-electron chi connectivity index (χ0n) is 28.3. The Kier molecular flexibility index (Phi) is 13.2. The molecule has 0 fully saturated rings. The first kappa shape index (κ1) is 38.9. The molecule has 0 unspecified atom stereocenters. The van der Waals surface area contributed by atoms with Crippen LogP contribution in [0.15, 0.2) is 64.2 Å². The molecule has 0 saturated heterocycles. The monoisotopic (exact) mass is 740 g/mol. The Labute approximate surface area is 294 Å². The second-order valence-electron chi connectivity index (χ2n) is 12.4. The second kappa shape index (κ2) is 16.9. The van der Waals surface area contributed by atoms with E-state index in [1.54, 1.807) is 24.4 Å². The number of hydrogen-bond donors (Lipinski definition) is 3. The van der Waals surface area contributed by atoms with Crippen molar-refractivity contribution < 1.29 is 45.8 Å². The van der Waals surface area contributed by atoms with Crippen LogP contribution in [-0.2, 0) is 20.9 Å². The van der Waals surface area contributed by atoms with Crippen LogP contribution in [0.4, 0.5) is 29.3 Å². The standard InChI is InChI=1S/C34H43F3N4O7S2/c1-22-19-41(23(2)21-42)32(43)28-18-27(39-50(45,46)31-9-7-17-49-31)14-15-29(28)48-24(3)8-5-6-16-47-30(22)20-40(4)33(44)38-26-12-10-25(11-13-26)34(35,36)37/h7,9-15,17-18,22-24,30,39,42H,5-6,8,16,19-21H2,1-4H3,(H,38,44)/t22-,23-,24-,30+/m0/s1. The molecule has 274 valence electrons. The number of carbonyl (C=O) groups excluding carboxylic acids is 2. The van der Waals surface area contributed by atoms with E-state index in [4.69, 9.17) is 9.47 Å². The molecule has 0 spiro atoms. The van der Waals surface area contributed by atoms with Gasteiger partial charge in [-0.15, -0.1) is 11.3 Å². The highest BCUT2D eigenvalue weighted by Crippen LogP contribution is 2.31. The third kappa shape index (κ3) is 10.3. The Morgan fingerprint density at radius 2 is 1.82 bits per heavy atom. The molecular weight excluding hydrogens is 698 g/mol. The molecule has 1 aliphatic heterocycles. The first-order chi connectivity index (χ1) is 23.6. The molecule has 2 heterocycles. The Bertz CT molecular complexity index is 1690. The summed E-state index contributed by atoms with van der Waals surface area (Å²) >= 11 is 1.06. The fraction of sp³-hybridized carbons (Fsp3) is 0.471. The number of aliphatic hydroxyl groups excluding tert-OH is 1. The van der Waals surface area contributed by atoms with Crippen LogP contribution in [0.3, 0.4) is 0 Å². The number of urea groups is 1. The van der Waals surface area contributed by atoms with Crippen LogP contribution in [0.1, 0.15) is 56.0 Å². The van der Waals surface area contributed by atoms with Crippen molar-refractivity contribution in [2.24, 2.45) is 5.92 Å². The second-order valence-corrected chi connectivity index (χ2v) is 15.3. The number of halogens is 3. The van der Waals surface area contributed by atoms with Crippen molar-refractivity contribution in [1.29, 1.82) is 0 Å². The maximum atomic E-state index is 14.3. The summed E-state index contributed by atoms with van der Waals surface area (Å²) in [6, 6.07) is 10.5. The number of carbonyl (C=O) groups is 2. The van der Waals surface area contributed by atoms with Gasteiger partial charge in [-0.25, -0.2) is 13.2 Å². The number of ether oxygens (including phenoxy) is 2. The van der Waals surface area contributed by atoms with Crippen LogP contribution in [0.5, 0.6) is 5.75 Å². The van der Waals surface area contributed by atoms with E-state index in [-0.39, 0.29) is 58.6 Å². The summed E-state index contributed by atoms with van der Waals surface area (Å²) in [6.07, 6.45) is -3.31. The van der Waals surface area contributed by atoms with Crippen LogP contribution in [0, 0.1) is 5.92 Å². The highest BCUT2D eigenvalue weighted by atomic mass is 32.2. The lowest BCUT2D eigenvalue weighted by Gasteiger charge is -2.35. The number of aliphatic hydroxyl groups is 1. The minimum absolute atomic E-state index is 0.0912. The molecule has 0 saturated carbocycles. The van der Waals surface area contributed by atoms with Gasteiger partial charge in [0.1, 0.15) is 9.96 Å². The van der Waals surface area contributed by atoms with Crippen molar-refractivity contribution in [3.05, 3.63) is 71.1 Å². The zero-order chi connectivity index (χ0) is 36.6. The molecule has 0 aliphatic carbocycles. The molecule has 0 bridgehead atoms. The summed E-state index contributed by atoms with van der Waals surface area (Å²) in [6.45, 7) is 5.60. The smallest absolute Gasteiger partial charge is 0.416 e. The van der Waals surface area contributed by atoms with Gasteiger partial charge >= 0.3 is 12.2 Å². The summed E-state index contributed by atoms with van der Waals surface area (Å²) in [5.74, 6) is -0.600. The van der Waals surface area contributed by atoms with Crippen molar-refractivity contribution in [2.75, 3.05) is 43.4 Å². The van der Waals surface area contributed by atoms with Gasteiger partial charge in [0.2, 0.25) is 0 Å². The number of alkyl halides is 3. The molecule has 3 aromatic rings. The van der Waals surface area contributed by atoms with Crippen molar-refractivity contribution >= 4 is 44.7 Å². The predicted molar refractivity (Wildman–Crippen MR) is 185 cm³/mol. The van der Waals surface area contributed by atoms with Gasteiger partial charge in [-0.2, -0.15) is 13.2 Å². The lowest BCUT2D eigenvalue weighted by Crippen LogP contribution is -2.48. The fourth-order valence-electron chi connectivity index (χ4n) is 5.38. The molecule has 2 aromatic carbocycles. The Morgan fingerprint density at radius 1 is 1.12 bits per heavy atom. The zero-order valence-corrected chi connectivity index (χ0v) is 29.9. The molecule has 1 aliphatic rings. The van der Waals surface area contributed by atoms with E-state index < -0.39 is 45.8 Å². The summed E-state index contributed by atoms with van der Waals surface area (Å²) in [4.78, 5) is 30.2. The van der Waals surface area contributed by atoms with E-state index in [1.807, 2.05) is 13.8 Å². The number of hydrogen-bond acceptors (Lipinski definition) is 8. The van der Waals surface area contributed by atoms with Crippen LogP contribution < -0.4 is 14.8 Å². The van der Waals surface area contributed by atoms with Gasteiger partial charge in [-0.3, -0.25) is 9.52 Å². The van der Waals surface area contributed by atoms with Crippen molar-refractivity contribution in [3.63, 3.8) is 0 Å². The van der Waals surface area contributed by atoms with Gasteiger partial charge in [0.15, 0.2) is 0 Å². The molecule has 3 N–H and O–H groups in total. The molecule has 4 rings (SSSR count). The molecular formula is C34H43F3N4O7S2. The average molecular weight is 741 g/mol. The van der Waals surface area contributed by atoms with Crippen molar-refractivity contribution in [2.45, 2.75) is 68.7 Å². The van der Waals surface area contributed by atoms with Gasteiger partial charge in [-0.1, -0.05) is 13.0 Å². The van der Waals surface area contributed by atoms with E-state index in [1.165, 1.54) is 47.2 Å². The number of thiophene rings is 1. The van der Waals surface area contributed by atoms with E-state index in [0.29, 0.717) is 19.4 Å². The predicted octanol–water partition coefficient (Wildman–Crippen LogP) is 6.53. The number of nitrogens with zero attached hydrogens (tertiary/aromatic N) is 2. The van der Waals surface area contributed by atoms with Gasteiger partial charge in [-0.05, 0) is 87.0 Å². The van der Waals surface area contributed by atoms with Gasteiger partial charge < -0.3 is 29.7 Å². The number of nitrogens with one attached hydrogen (secondary N) is 2. The third-order valence-corrected chi connectivity index (χ3v) is 11.1. The highest BCUT2D eigenvalue weighted by Gasteiger charge is 2.32. The number of amides is 3. The van der Waals surface area contributed by atoms with E-state index in [2.05, 4.69) is 10.0 Å². The third-order valence-electron chi connectivity index (χ3n) is 8.33. The first-order valence-corrected chi connectivity index (χ1v) is 18.5. The fourth-order valence-corrected chi connectivity index (χ4v) is 7.43. The van der Waals surface area contributed by atoms with E-state index >= 15 is 0 Å². The molecule has 3 amide bonds. The normalized spacial score (nSPS) is 20.2. The van der Waals surface area contributed by atoms with Gasteiger partial charge in [0.05, 0.1) is 36.0 Å². The number of sulfonamides is 1. The Morgan fingerprint density at radius 3 is 2.46 bits per heavy atom. The topological polar surface area (TPSA) is 138 Å². The van der Waals surface area contributed by atoms with Gasteiger partial charge in [0, 0.05) is 44.0 Å². The Balaban J connectivity index is 1.58. The minimum Gasteiger partial charge on any atom is -0.490 e. The number of benzene rings is 2. The van der Waals surface area contributed by atoms with Crippen LogP contribution >= 0.6 is 11.3 Å². The summed E-state index contributed by atoms with van der Waals surface area (Å²) in [5, 5.41) is 14.4. The average Bonchev–Trinajstić information content (AvgIpc) is 3.62. The molecule has 16 heteroatoms. The highest BCUT2D eigenvalue weighted by molar-refractivity contribution is 7.94. The van der Waals surface area contributed by atoms with Gasteiger partial charge in [0.25, 0.3) is 15.9 Å². The number of fused-ring (bicyclic) bond motifs is 1. The van der Waals surface area contributed by atoms with Crippen LogP contribution in [0.25, 0.3) is 0 Å². The maximum Gasteiger partial charge on any atom is 0.416 e. The summed E-state index contributed by atoms with van der Waals surface area (Å²) in [7, 11) is -2.37. The summed E-state index contributed by atoms with van der Waals surface area (Å²) < 4.78 is 80.0. The van der Waals surface area contributed by atoms with Crippen molar-refractivity contribution in [3.8, 4) is 5.75 Å². The quantitative estimate of drug-likeness (QED) is 0.239. The SMILES string of the molecule is C[C@H]1CCCCO[C@H](CN(C)C(=O)Nc2ccc(C(F)(F)F)cc2)[C@@H](C)CN([C@@H](C)CO)C(=O)c2cc(NS(=O)(=O)c3cccs3)ccc2O1. The summed E-state index contributed by atoms with van der Waals surface area (Å²) in [5.41, 5.74) is -0.371. The molecule has 0 radical (unpaired) electrons. The molecule has 50 heavy (non-hydrogen) atoms. The number of anilines is 2. The largest absolute Gasteiger partial charge is 0.490 e. The first-order valence-electron chi connectivity index (χ1n) is 16.2. The van der Waals surface area contributed by atoms with Crippen molar-refractivity contribution in [1.82, 2.24) is 9.80 Å². The van der Waals surface area contributed by atoms with Crippen LogP contribution in [-0.4, -0.2) is 86.9 Å². The van der Waals surface area contributed by atoms with E-state index in [9.17, 15) is 36.3 Å². The molecule has 4 atom stereocenters. The number of likely N-dealkylation sites (N-methyl/N-ethyl adjacent to an activating group) is 1. The Hall–Kier alpha value is -3.86. The minimum atomic E-state index is -4.50. The van der Waals surface area contributed by atoms with E-state index in [0.717, 1.165) is 29.9 Å². The lowest BCUT2D eigenvalue weighted by molar-refractivity contribution is -0.137. The molecule has 1 aromatic heterocycles. The number of rotatable bonds is 8. The van der Waals surface area contributed by atoms with Crippen LogP contribution in [0.2, 0.25) is 0 Å².